The number of piperazine rings is 1. The molecule has 134 valence electrons. The molecule has 0 aliphatic carbocycles. The third-order valence-electron chi connectivity index (χ3n) is 4.42. The predicted molar refractivity (Wildman–Crippen MR) is 88.1 cm³/mol. The molecule has 1 heterocycles. The highest BCUT2D eigenvalue weighted by molar-refractivity contribution is 5.75. The number of carbonyl (C=O) groups excluding carboxylic acids is 1. The zero-order chi connectivity index (χ0) is 17.7. The molecule has 0 unspecified atom stereocenters. The van der Waals surface area contributed by atoms with Gasteiger partial charge in [-0.2, -0.15) is 13.2 Å². The Labute approximate surface area is 140 Å². The van der Waals surface area contributed by atoms with Crippen LogP contribution in [0.15, 0.2) is 24.3 Å². The molecule has 1 aromatic carbocycles. The third kappa shape index (κ3) is 4.55. The average Bonchev–Trinajstić information content (AvgIpc) is 2.59. The zero-order valence-corrected chi connectivity index (χ0v) is 14.1. The summed E-state index contributed by atoms with van der Waals surface area (Å²) in [5, 5.41) is 2.99. The van der Waals surface area contributed by atoms with Crippen molar-refractivity contribution in [3.63, 3.8) is 0 Å². The Hall–Kier alpha value is -1.92. The minimum atomic E-state index is -4.34. The van der Waals surface area contributed by atoms with Gasteiger partial charge in [-0.05, 0) is 31.0 Å². The summed E-state index contributed by atoms with van der Waals surface area (Å²) in [6.07, 6.45) is -2.58. The van der Waals surface area contributed by atoms with Crippen molar-refractivity contribution in [1.82, 2.24) is 10.2 Å². The van der Waals surface area contributed by atoms with Crippen LogP contribution in [0.2, 0.25) is 0 Å². The van der Waals surface area contributed by atoms with Crippen LogP contribution in [0.1, 0.15) is 32.3 Å². The van der Waals surface area contributed by atoms with Gasteiger partial charge in [-0.25, -0.2) is 4.79 Å². The molecule has 1 aromatic rings. The Morgan fingerprint density at radius 1 is 1.17 bits per heavy atom. The maximum atomic E-state index is 12.8. The Balaban J connectivity index is 1.94. The van der Waals surface area contributed by atoms with Crippen molar-refractivity contribution >= 4 is 11.7 Å². The number of benzene rings is 1. The Kier molecular flexibility index (Phi) is 5.96. The second-order valence-corrected chi connectivity index (χ2v) is 5.99. The fourth-order valence-electron chi connectivity index (χ4n) is 2.81. The minimum Gasteiger partial charge on any atom is -0.368 e. The van der Waals surface area contributed by atoms with Crippen LogP contribution in [0.3, 0.4) is 0 Å². The second kappa shape index (κ2) is 7.77. The fraction of sp³-hybridized carbons (Fsp3) is 0.588. The number of anilines is 1. The first kappa shape index (κ1) is 18.4. The highest BCUT2D eigenvalue weighted by atomic mass is 19.4. The van der Waals surface area contributed by atoms with Gasteiger partial charge in [0.2, 0.25) is 0 Å². The van der Waals surface area contributed by atoms with E-state index in [-0.39, 0.29) is 12.1 Å². The van der Waals surface area contributed by atoms with Crippen LogP contribution < -0.4 is 10.2 Å². The lowest BCUT2D eigenvalue weighted by atomic mass is 10.1. The number of urea groups is 1. The Morgan fingerprint density at radius 3 is 2.33 bits per heavy atom. The van der Waals surface area contributed by atoms with E-state index >= 15 is 0 Å². The first-order valence-electron chi connectivity index (χ1n) is 8.32. The average molecular weight is 343 g/mol. The number of rotatable bonds is 4. The topological polar surface area (TPSA) is 35.6 Å². The molecule has 1 fully saturated rings. The Morgan fingerprint density at radius 2 is 1.79 bits per heavy atom. The van der Waals surface area contributed by atoms with Crippen LogP contribution in [-0.4, -0.2) is 43.2 Å². The van der Waals surface area contributed by atoms with Crippen LogP contribution in [0.4, 0.5) is 23.7 Å². The number of carbonyl (C=O) groups is 1. The highest BCUT2D eigenvalue weighted by Crippen LogP contribution is 2.31. The smallest absolute Gasteiger partial charge is 0.368 e. The lowest BCUT2D eigenvalue weighted by molar-refractivity contribution is -0.137. The van der Waals surface area contributed by atoms with Gasteiger partial charge in [0.05, 0.1) is 5.56 Å². The molecule has 2 rings (SSSR count). The summed E-state index contributed by atoms with van der Waals surface area (Å²) >= 11 is 0. The van der Waals surface area contributed by atoms with Crippen LogP contribution in [-0.2, 0) is 6.18 Å². The van der Waals surface area contributed by atoms with Crippen LogP contribution in [0.5, 0.6) is 0 Å². The maximum absolute atomic E-state index is 12.8. The van der Waals surface area contributed by atoms with E-state index in [0.717, 1.165) is 18.9 Å². The number of hydrogen-bond donors (Lipinski definition) is 1. The number of halogens is 3. The van der Waals surface area contributed by atoms with E-state index in [0.29, 0.717) is 31.9 Å². The van der Waals surface area contributed by atoms with E-state index in [1.165, 1.54) is 12.1 Å². The minimum absolute atomic E-state index is 0.0904. The molecule has 1 aliphatic rings. The summed E-state index contributed by atoms with van der Waals surface area (Å²) in [6, 6.07) is 5.41. The Bertz CT molecular complexity index is 550. The summed E-state index contributed by atoms with van der Waals surface area (Å²) in [5.41, 5.74) is -0.0983. The van der Waals surface area contributed by atoms with E-state index in [1.54, 1.807) is 11.0 Å². The van der Waals surface area contributed by atoms with Crippen molar-refractivity contribution in [3.05, 3.63) is 29.8 Å². The van der Waals surface area contributed by atoms with Gasteiger partial charge in [-0.1, -0.05) is 19.9 Å². The normalized spacial score (nSPS) is 15.8. The van der Waals surface area contributed by atoms with E-state index in [9.17, 15) is 18.0 Å². The van der Waals surface area contributed by atoms with Crippen molar-refractivity contribution in [3.8, 4) is 0 Å². The second-order valence-electron chi connectivity index (χ2n) is 5.99. The van der Waals surface area contributed by atoms with Gasteiger partial charge in [0, 0.05) is 37.9 Å². The summed E-state index contributed by atoms with van der Waals surface area (Å²) in [4.78, 5) is 15.8. The molecule has 7 heteroatoms. The molecule has 1 saturated heterocycles. The van der Waals surface area contributed by atoms with Crippen LogP contribution in [0, 0.1) is 0 Å². The first-order valence-corrected chi connectivity index (χ1v) is 8.32. The zero-order valence-electron chi connectivity index (χ0n) is 14.1. The quantitative estimate of drug-likeness (QED) is 0.904. The molecule has 1 aliphatic heterocycles. The van der Waals surface area contributed by atoms with Gasteiger partial charge in [0.25, 0.3) is 0 Å². The molecular weight excluding hydrogens is 319 g/mol. The van der Waals surface area contributed by atoms with Crippen molar-refractivity contribution in [2.24, 2.45) is 0 Å². The van der Waals surface area contributed by atoms with Crippen molar-refractivity contribution < 1.29 is 18.0 Å². The number of alkyl halides is 3. The van der Waals surface area contributed by atoms with E-state index in [4.69, 9.17) is 0 Å². The molecule has 0 radical (unpaired) electrons. The molecule has 0 spiro atoms. The van der Waals surface area contributed by atoms with Gasteiger partial charge >= 0.3 is 12.2 Å². The summed E-state index contributed by atoms with van der Waals surface area (Å²) in [6.45, 7) is 6.11. The van der Waals surface area contributed by atoms with E-state index in [1.807, 2.05) is 18.7 Å². The number of nitrogens with zero attached hydrogens (tertiary/aromatic N) is 2. The SMILES string of the molecule is CCC(CC)NC(=O)N1CCN(c2cccc(C(F)(F)F)c2)CC1. The summed E-state index contributed by atoms with van der Waals surface area (Å²) < 4.78 is 38.4. The molecule has 0 saturated carbocycles. The van der Waals surface area contributed by atoms with E-state index in [2.05, 4.69) is 5.32 Å². The molecule has 1 N–H and O–H groups in total. The monoisotopic (exact) mass is 343 g/mol. The maximum Gasteiger partial charge on any atom is 0.416 e. The lowest BCUT2D eigenvalue weighted by Crippen LogP contribution is -2.53. The van der Waals surface area contributed by atoms with Gasteiger partial charge < -0.3 is 15.1 Å². The molecule has 0 atom stereocenters. The van der Waals surface area contributed by atoms with Gasteiger partial charge in [0.15, 0.2) is 0 Å². The first-order chi connectivity index (χ1) is 11.3. The van der Waals surface area contributed by atoms with Gasteiger partial charge in [-0.15, -0.1) is 0 Å². The van der Waals surface area contributed by atoms with Crippen LogP contribution in [0.25, 0.3) is 0 Å². The molecule has 2 amide bonds. The van der Waals surface area contributed by atoms with Crippen molar-refractivity contribution in [1.29, 1.82) is 0 Å². The predicted octanol–water partition coefficient (Wildman–Crippen LogP) is 3.73. The highest BCUT2D eigenvalue weighted by Gasteiger charge is 2.31. The summed E-state index contributed by atoms with van der Waals surface area (Å²) in [5.74, 6) is 0. The van der Waals surface area contributed by atoms with Gasteiger partial charge in [0.1, 0.15) is 0 Å². The third-order valence-corrected chi connectivity index (χ3v) is 4.42. The van der Waals surface area contributed by atoms with Crippen molar-refractivity contribution in [2.45, 2.75) is 38.9 Å². The summed E-state index contributed by atoms with van der Waals surface area (Å²) in [7, 11) is 0. The van der Waals surface area contributed by atoms with Gasteiger partial charge in [-0.3, -0.25) is 0 Å². The number of hydrogen-bond acceptors (Lipinski definition) is 2. The molecule has 0 bridgehead atoms. The standard InChI is InChI=1S/C17H24F3N3O/c1-3-14(4-2)21-16(24)23-10-8-22(9-11-23)15-7-5-6-13(12-15)17(18,19)20/h5-7,12,14H,3-4,8-11H2,1-2H3,(H,21,24). The molecule has 24 heavy (non-hydrogen) atoms. The number of amides is 2. The van der Waals surface area contributed by atoms with Crippen molar-refractivity contribution in [2.75, 3.05) is 31.1 Å². The van der Waals surface area contributed by atoms with Crippen LogP contribution >= 0.6 is 0 Å². The molecule has 0 aromatic heterocycles. The number of nitrogens with one attached hydrogen (secondary N) is 1. The molecular formula is C17H24F3N3O. The fourth-order valence-corrected chi connectivity index (χ4v) is 2.81. The molecule has 4 nitrogen and oxygen atoms in total. The van der Waals surface area contributed by atoms with E-state index < -0.39 is 11.7 Å². The lowest BCUT2D eigenvalue weighted by Gasteiger charge is -2.36. The largest absolute Gasteiger partial charge is 0.416 e.